The van der Waals surface area contributed by atoms with E-state index in [2.05, 4.69) is 10.1 Å². The van der Waals surface area contributed by atoms with Crippen LogP contribution in [0.3, 0.4) is 0 Å². The molecule has 8 nitrogen and oxygen atoms in total. The van der Waals surface area contributed by atoms with Crippen LogP contribution in [0, 0.1) is 5.82 Å². The minimum Gasteiger partial charge on any atom is -0.482 e. The van der Waals surface area contributed by atoms with Gasteiger partial charge in [0.15, 0.2) is 23.0 Å². The number of amides is 1. The first-order valence-corrected chi connectivity index (χ1v) is 10.6. The summed E-state index contributed by atoms with van der Waals surface area (Å²) in [6, 6.07) is 7.27. The van der Waals surface area contributed by atoms with Crippen molar-refractivity contribution in [2.24, 2.45) is 0 Å². The standard InChI is InChI=1S/C22H28FN3O5/c1-25(18-6-4-7-19(21(18)27)26-9-11-29-12-10-26)22(28)17-13-15(31-24-17)14-30-20-8-3-2-5-16(20)23/h2-3,5,8,13,18-19,21,27H,4,6-7,9-12,14H2,1H3/t18-,19-,21-/m1/s1. The second-order valence-electron chi connectivity index (χ2n) is 8.02. The summed E-state index contributed by atoms with van der Waals surface area (Å²) in [5, 5.41) is 14.9. The lowest BCUT2D eigenvalue weighted by molar-refractivity contribution is -0.0614. The number of morpholine rings is 1. The first kappa shape index (κ1) is 21.7. The summed E-state index contributed by atoms with van der Waals surface area (Å²) in [6.07, 6.45) is 1.92. The third-order valence-corrected chi connectivity index (χ3v) is 6.11. The molecule has 1 aliphatic carbocycles. The highest BCUT2D eigenvalue weighted by Gasteiger charge is 2.39. The van der Waals surface area contributed by atoms with E-state index in [1.165, 1.54) is 18.2 Å². The van der Waals surface area contributed by atoms with Crippen LogP contribution in [-0.4, -0.2) is 77.5 Å². The Bertz CT molecular complexity index is 886. The Morgan fingerprint density at radius 2 is 2.10 bits per heavy atom. The van der Waals surface area contributed by atoms with Gasteiger partial charge in [-0.2, -0.15) is 0 Å². The Morgan fingerprint density at radius 1 is 1.32 bits per heavy atom. The second-order valence-corrected chi connectivity index (χ2v) is 8.02. The molecular weight excluding hydrogens is 405 g/mol. The molecule has 1 saturated heterocycles. The molecular formula is C22H28FN3O5. The largest absolute Gasteiger partial charge is 0.482 e. The molecule has 4 rings (SSSR count). The fourth-order valence-corrected chi connectivity index (χ4v) is 4.39. The summed E-state index contributed by atoms with van der Waals surface area (Å²) in [5.41, 5.74) is 0.135. The van der Waals surface area contributed by atoms with Gasteiger partial charge in [0.25, 0.3) is 5.91 Å². The Morgan fingerprint density at radius 3 is 2.87 bits per heavy atom. The van der Waals surface area contributed by atoms with Gasteiger partial charge in [-0.1, -0.05) is 17.3 Å². The van der Waals surface area contributed by atoms with Crippen LogP contribution in [0.2, 0.25) is 0 Å². The van der Waals surface area contributed by atoms with Crippen LogP contribution in [-0.2, 0) is 11.3 Å². The number of halogens is 1. The van der Waals surface area contributed by atoms with Crippen molar-refractivity contribution in [3.05, 3.63) is 47.6 Å². The van der Waals surface area contributed by atoms with E-state index in [-0.39, 0.29) is 36.0 Å². The van der Waals surface area contributed by atoms with E-state index in [0.717, 1.165) is 32.4 Å². The van der Waals surface area contributed by atoms with E-state index in [1.807, 2.05) is 0 Å². The lowest BCUT2D eigenvalue weighted by Crippen LogP contribution is -2.58. The molecule has 31 heavy (non-hydrogen) atoms. The highest BCUT2D eigenvalue weighted by molar-refractivity contribution is 5.92. The molecule has 0 spiro atoms. The SMILES string of the molecule is CN(C(=O)c1cc(COc2ccccc2F)on1)[C@@H]1CCC[C@@H](N2CCOCC2)[C@@H]1O. The lowest BCUT2D eigenvalue weighted by atomic mass is 9.86. The molecule has 1 aromatic heterocycles. The monoisotopic (exact) mass is 433 g/mol. The van der Waals surface area contributed by atoms with Crippen molar-refractivity contribution >= 4 is 5.91 Å². The second kappa shape index (κ2) is 9.76. The molecule has 0 unspecified atom stereocenters. The Kier molecular flexibility index (Phi) is 6.84. The van der Waals surface area contributed by atoms with Gasteiger partial charge in [0, 0.05) is 32.2 Å². The molecule has 1 N–H and O–H groups in total. The van der Waals surface area contributed by atoms with Crippen LogP contribution in [0.15, 0.2) is 34.9 Å². The normalized spacial score (nSPS) is 24.7. The zero-order chi connectivity index (χ0) is 21.8. The lowest BCUT2D eigenvalue weighted by Gasteiger charge is -2.45. The number of rotatable bonds is 6. The maximum absolute atomic E-state index is 13.7. The summed E-state index contributed by atoms with van der Waals surface area (Å²) in [5.74, 6) is -0.384. The molecule has 2 heterocycles. The third kappa shape index (κ3) is 4.89. The quantitative estimate of drug-likeness (QED) is 0.746. The highest BCUT2D eigenvalue weighted by atomic mass is 19.1. The van der Waals surface area contributed by atoms with Gasteiger partial charge in [-0.05, 0) is 31.4 Å². The number of benzene rings is 1. The topological polar surface area (TPSA) is 88.3 Å². The number of carbonyl (C=O) groups excluding carboxylic acids is 1. The minimum absolute atomic E-state index is 0.0138. The molecule has 2 fully saturated rings. The number of aromatic nitrogens is 1. The summed E-state index contributed by atoms with van der Waals surface area (Å²) in [7, 11) is 1.68. The minimum atomic E-state index is -0.642. The van der Waals surface area contributed by atoms with Gasteiger partial charge in [0.1, 0.15) is 6.61 Å². The Hall–Kier alpha value is -2.49. The average Bonchev–Trinajstić information content (AvgIpc) is 3.27. The van der Waals surface area contributed by atoms with Gasteiger partial charge in [-0.15, -0.1) is 0 Å². The number of carbonyl (C=O) groups is 1. The Labute approximate surface area is 180 Å². The summed E-state index contributed by atoms with van der Waals surface area (Å²) in [4.78, 5) is 16.8. The van der Waals surface area contributed by atoms with Crippen LogP contribution >= 0.6 is 0 Å². The van der Waals surface area contributed by atoms with Gasteiger partial charge in [0.2, 0.25) is 0 Å². The molecule has 0 radical (unpaired) electrons. The maximum atomic E-state index is 13.7. The molecule has 1 amide bonds. The van der Waals surface area contributed by atoms with Gasteiger partial charge in [-0.3, -0.25) is 9.69 Å². The van der Waals surface area contributed by atoms with E-state index in [0.29, 0.717) is 19.0 Å². The van der Waals surface area contributed by atoms with Gasteiger partial charge in [0.05, 0.1) is 25.4 Å². The fourth-order valence-electron chi connectivity index (χ4n) is 4.39. The van der Waals surface area contributed by atoms with Gasteiger partial charge >= 0.3 is 0 Å². The fraction of sp³-hybridized carbons (Fsp3) is 0.545. The number of ether oxygens (including phenoxy) is 2. The molecule has 9 heteroatoms. The van der Waals surface area contributed by atoms with Gasteiger partial charge in [-0.25, -0.2) is 4.39 Å². The van der Waals surface area contributed by atoms with Gasteiger partial charge < -0.3 is 24.0 Å². The average molecular weight is 433 g/mol. The highest BCUT2D eigenvalue weighted by Crippen LogP contribution is 2.28. The van der Waals surface area contributed by atoms with Crippen LogP contribution in [0.5, 0.6) is 5.75 Å². The molecule has 0 bridgehead atoms. The predicted molar refractivity (Wildman–Crippen MR) is 109 cm³/mol. The summed E-state index contributed by atoms with van der Waals surface area (Å²) in [6.45, 7) is 2.87. The number of hydrogen-bond acceptors (Lipinski definition) is 7. The van der Waals surface area contributed by atoms with Crippen molar-refractivity contribution in [2.45, 2.75) is 44.1 Å². The third-order valence-electron chi connectivity index (χ3n) is 6.11. The molecule has 3 atom stereocenters. The van der Waals surface area contributed by atoms with Crippen molar-refractivity contribution in [3.63, 3.8) is 0 Å². The summed E-state index contributed by atoms with van der Waals surface area (Å²) < 4.78 is 29.7. The van der Waals surface area contributed by atoms with E-state index < -0.39 is 11.9 Å². The number of aliphatic hydroxyl groups excluding tert-OH is 1. The zero-order valence-electron chi connectivity index (χ0n) is 17.6. The van der Waals surface area contributed by atoms with Crippen molar-refractivity contribution in [2.75, 3.05) is 33.4 Å². The maximum Gasteiger partial charge on any atom is 0.276 e. The number of likely N-dealkylation sites (N-methyl/N-ethyl adjacent to an activating group) is 1. The Balaban J connectivity index is 1.38. The van der Waals surface area contributed by atoms with Crippen molar-refractivity contribution in [3.8, 4) is 5.75 Å². The van der Waals surface area contributed by atoms with E-state index in [1.54, 1.807) is 24.1 Å². The van der Waals surface area contributed by atoms with Crippen LogP contribution < -0.4 is 4.74 Å². The molecule has 2 aromatic rings. The number of nitrogens with zero attached hydrogens (tertiary/aromatic N) is 3. The first-order chi connectivity index (χ1) is 15.0. The molecule has 1 saturated carbocycles. The molecule has 2 aliphatic rings. The first-order valence-electron chi connectivity index (χ1n) is 10.6. The van der Waals surface area contributed by atoms with Crippen molar-refractivity contribution in [1.29, 1.82) is 0 Å². The van der Waals surface area contributed by atoms with Crippen LogP contribution in [0.4, 0.5) is 4.39 Å². The van der Waals surface area contributed by atoms with E-state index in [9.17, 15) is 14.3 Å². The van der Waals surface area contributed by atoms with Crippen molar-refractivity contribution < 1.29 is 28.3 Å². The number of hydrogen-bond donors (Lipinski definition) is 1. The van der Waals surface area contributed by atoms with Crippen molar-refractivity contribution in [1.82, 2.24) is 15.0 Å². The van der Waals surface area contributed by atoms with Crippen LogP contribution in [0.1, 0.15) is 35.5 Å². The summed E-state index contributed by atoms with van der Waals surface area (Å²) >= 11 is 0. The zero-order valence-corrected chi connectivity index (χ0v) is 17.6. The predicted octanol–water partition coefficient (Wildman–Crippen LogP) is 2.08. The number of para-hydroxylation sites is 1. The number of aliphatic hydroxyl groups is 1. The van der Waals surface area contributed by atoms with E-state index in [4.69, 9.17) is 14.0 Å². The van der Waals surface area contributed by atoms with E-state index >= 15 is 0 Å². The molecule has 1 aromatic carbocycles. The molecule has 1 aliphatic heterocycles. The van der Waals surface area contributed by atoms with Crippen LogP contribution in [0.25, 0.3) is 0 Å². The smallest absolute Gasteiger partial charge is 0.276 e. The molecule has 168 valence electrons.